The monoisotopic (exact) mass is 323 g/mol. The molecule has 0 saturated heterocycles. The quantitative estimate of drug-likeness (QED) is 0.773. The smallest absolute Gasteiger partial charge is 0.326 e. The molecule has 4 rings (SSSR count). The molecule has 0 spiro atoms. The normalized spacial score (nSPS) is 13.9. The number of nitrogens with zero attached hydrogens (tertiary/aromatic N) is 3. The van der Waals surface area contributed by atoms with E-state index in [2.05, 4.69) is 20.3 Å². The molecule has 0 unspecified atom stereocenters. The number of para-hydroxylation sites is 2. The summed E-state index contributed by atoms with van der Waals surface area (Å²) in [5.41, 5.74) is 4.17. The third-order valence-electron chi connectivity index (χ3n) is 4.60. The molecule has 0 aliphatic heterocycles. The molecule has 1 aliphatic rings. The zero-order chi connectivity index (χ0) is 16.5. The van der Waals surface area contributed by atoms with Gasteiger partial charge in [0.25, 0.3) is 0 Å². The Kier molecular flexibility index (Phi) is 3.80. The Hall–Kier alpha value is -2.63. The van der Waals surface area contributed by atoms with Gasteiger partial charge in [-0.1, -0.05) is 12.1 Å². The third-order valence-corrected chi connectivity index (χ3v) is 4.60. The number of H-pyrrole nitrogens is 1. The first-order valence-electron chi connectivity index (χ1n) is 8.50. The molecule has 0 atom stereocenters. The van der Waals surface area contributed by atoms with Gasteiger partial charge < -0.3 is 10.3 Å². The lowest BCUT2D eigenvalue weighted by Crippen LogP contribution is -2.22. The van der Waals surface area contributed by atoms with Crippen LogP contribution < -0.4 is 11.0 Å². The zero-order valence-corrected chi connectivity index (χ0v) is 13.8. The third kappa shape index (κ3) is 2.68. The number of anilines is 1. The maximum atomic E-state index is 12.1. The molecule has 2 aromatic heterocycles. The Morgan fingerprint density at radius 2 is 2.04 bits per heavy atom. The van der Waals surface area contributed by atoms with Gasteiger partial charge in [-0.05, 0) is 44.7 Å². The van der Waals surface area contributed by atoms with Gasteiger partial charge in [0, 0.05) is 24.3 Å². The number of hydrogen-bond donors (Lipinski definition) is 2. The Morgan fingerprint density at radius 3 is 2.96 bits per heavy atom. The highest BCUT2D eigenvalue weighted by molar-refractivity contribution is 5.74. The highest BCUT2D eigenvalue weighted by Gasteiger charge is 2.16. The van der Waals surface area contributed by atoms with Crippen LogP contribution in [0.3, 0.4) is 0 Å². The van der Waals surface area contributed by atoms with Gasteiger partial charge in [-0.25, -0.2) is 14.8 Å². The van der Waals surface area contributed by atoms with Crippen molar-refractivity contribution in [1.82, 2.24) is 19.5 Å². The zero-order valence-electron chi connectivity index (χ0n) is 13.8. The van der Waals surface area contributed by atoms with Crippen LogP contribution in [0.5, 0.6) is 0 Å². The first-order valence-corrected chi connectivity index (χ1v) is 8.50. The van der Waals surface area contributed by atoms with Crippen LogP contribution in [0.25, 0.3) is 11.0 Å². The molecule has 0 saturated carbocycles. The predicted octanol–water partition coefficient (Wildman–Crippen LogP) is 2.42. The summed E-state index contributed by atoms with van der Waals surface area (Å²) in [4.78, 5) is 24.2. The molecule has 124 valence electrons. The lowest BCUT2D eigenvalue weighted by atomic mass is 9.96. The summed E-state index contributed by atoms with van der Waals surface area (Å²) in [5.74, 6) is 1.74. The van der Waals surface area contributed by atoms with Crippen LogP contribution in [0, 0.1) is 6.92 Å². The number of aromatic nitrogens is 4. The minimum atomic E-state index is -0.0705. The fourth-order valence-electron chi connectivity index (χ4n) is 3.48. The van der Waals surface area contributed by atoms with Gasteiger partial charge in [-0.2, -0.15) is 0 Å². The van der Waals surface area contributed by atoms with Crippen molar-refractivity contribution in [2.24, 2.45) is 0 Å². The number of imidazole rings is 1. The van der Waals surface area contributed by atoms with Gasteiger partial charge in [0.15, 0.2) is 0 Å². The maximum Gasteiger partial charge on any atom is 0.326 e. The van der Waals surface area contributed by atoms with Gasteiger partial charge in [0.2, 0.25) is 0 Å². The molecule has 1 aromatic carbocycles. The highest BCUT2D eigenvalue weighted by atomic mass is 16.1. The van der Waals surface area contributed by atoms with E-state index in [0.717, 1.165) is 35.5 Å². The lowest BCUT2D eigenvalue weighted by molar-refractivity contribution is 0.656. The maximum absolute atomic E-state index is 12.1. The summed E-state index contributed by atoms with van der Waals surface area (Å²) in [6.45, 7) is 3.19. The van der Waals surface area contributed by atoms with Crippen molar-refractivity contribution < 1.29 is 0 Å². The van der Waals surface area contributed by atoms with Gasteiger partial charge >= 0.3 is 5.69 Å². The number of nitrogens with one attached hydrogen (secondary N) is 2. The molecule has 0 radical (unpaired) electrons. The van der Waals surface area contributed by atoms with E-state index in [0.29, 0.717) is 13.1 Å². The fraction of sp³-hybridized carbons (Fsp3) is 0.389. The first-order chi connectivity index (χ1) is 11.7. The second-order valence-electron chi connectivity index (χ2n) is 6.28. The van der Waals surface area contributed by atoms with Gasteiger partial charge in [-0.3, -0.25) is 4.57 Å². The van der Waals surface area contributed by atoms with Crippen molar-refractivity contribution in [2.75, 3.05) is 11.9 Å². The minimum Gasteiger partial charge on any atom is -0.368 e. The summed E-state index contributed by atoms with van der Waals surface area (Å²) in [5, 5.41) is 3.42. The van der Waals surface area contributed by atoms with Crippen molar-refractivity contribution in [1.29, 1.82) is 0 Å². The number of hydrogen-bond acceptors (Lipinski definition) is 4. The average molecular weight is 323 g/mol. The summed E-state index contributed by atoms with van der Waals surface area (Å²) in [7, 11) is 0. The van der Waals surface area contributed by atoms with Crippen molar-refractivity contribution in [3.05, 3.63) is 51.8 Å². The van der Waals surface area contributed by atoms with E-state index >= 15 is 0 Å². The highest BCUT2D eigenvalue weighted by Crippen LogP contribution is 2.25. The first kappa shape index (κ1) is 14.9. The van der Waals surface area contributed by atoms with E-state index in [9.17, 15) is 4.79 Å². The molecule has 2 heterocycles. The molecule has 6 nitrogen and oxygen atoms in total. The van der Waals surface area contributed by atoms with E-state index in [4.69, 9.17) is 0 Å². The summed E-state index contributed by atoms with van der Waals surface area (Å²) in [6.07, 6.45) is 4.46. The number of aryl methyl sites for hydroxylation is 2. The Labute approximate surface area is 140 Å². The Balaban J connectivity index is 1.54. The molecular formula is C18H21N5O. The topological polar surface area (TPSA) is 75.6 Å². The number of benzene rings is 1. The van der Waals surface area contributed by atoms with Crippen molar-refractivity contribution in [3.63, 3.8) is 0 Å². The van der Waals surface area contributed by atoms with Crippen LogP contribution in [-0.4, -0.2) is 26.1 Å². The second-order valence-corrected chi connectivity index (χ2v) is 6.28. The number of rotatable bonds is 4. The predicted molar refractivity (Wildman–Crippen MR) is 94.5 cm³/mol. The van der Waals surface area contributed by atoms with E-state index in [1.165, 1.54) is 24.1 Å². The second kappa shape index (κ2) is 6.11. The van der Waals surface area contributed by atoms with Crippen molar-refractivity contribution >= 4 is 16.9 Å². The molecule has 1 aliphatic carbocycles. The molecule has 0 fully saturated rings. The van der Waals surface area contributed by atoms with Crippen LogP contribution in [0.4, 0.5) is 5.82 Å². The van der Waals surface area contributed by atoms with Crippen LogP contribution in [-0.2, 0) is 19.4 Å². The van der Waals surface area contributed by atoms with E-state index in [-0.39, 0.29) is 5.69 Å². The summed E-state index contributed by atoms with van der Waals surface area (Å²) in [6, 6.07) is 7.76. The standard InChI is InChI=1S/C18H21N5O/c1-12-20-14-7-3-2-6-13(14)17(21-12)19-10-11-23-16-9-5-4-8-15(16)22-18(23)24/h4-5,8-9H,2-3,6-7,10-11H2,1H3,(H,22,24)(H,19,20,21). The van der Waals surface area contributed by atoms with Crippen LogP contribution in [0.2, 0.25) is 0 Å². The van der Waals surface area contributed by atoms with Crippen molar-refractivity contribution in [3.8, 4) is 0 Å². The average Bonchev–Trinajstić information content (AvgIpc) is 2.90. The van der Waals surface area contributed by atoms with Gasteiger partial charge in [0.05, 0.1) is 11.0 Å². The van der Waals surface area contributed by atoms with Crippen LogP contribution in [0.1, 0.15) is 29.9 Å². The molecule has 2 N–H and O–H groups in total. The number of aromatic amines is 1. The van der Waals surface area contributed by atoms with E-state index < -0.39 is 0 Å². The van der Waals surface area contributed by atoms with Gasteiger partial charge in [-0.15, -0.1) is 0 Å². The SMILES string of the molecule is Cc1nc2c(c(NCCn3c(=O)[nH]c4ccccc43)n1)CCCC2. The minimum absolute atomic E-state index is 0.0705. The van der Waals surface area contributed by atoms with Crippen LogP contribution in [0.15, 0.2) is 29.1 Å². The molecule has 3 aromatic rings. The van der Waals surface area contributed by atoms with Crippen LogP contribution >= 0.6 is 0 Å². The molecule has 0 amide bonds. The fourth-order valence-corrected chi connectivity index (χ4v) is 3.48. The Bertz CT molecular complexity index is 940. The van der Waals surface area contributed by atoms with Crippen molar-refractivity contribution in [2.45, 2.75) is 39.2 Å². The molecule has 6 heteroatoms. The largest absolute Gasteiger partial charge is 0.368 e. The number of fused-ring (bicyclic) bond motifs is 2. The molecular weight excluding hydrogens is 302 g/mol. The Morgan fingerprint density at radius 1 is 1.21 bits per heavy atom. The lowest BCUT2D eigenvalue weighted by Gasteiger charge is -2.19. The summed E-state index contributed by atoms with van der Waals surface area (Å²) < 4.78 is 1.77. The molecule has 24 heavy (non-hydrogen) atoms. The molecule has 0 bridgehead atoms. The van der Waals surface area contributed by atoms with E-state index in [1.54, 1.807) is 4.57 Å². The van der Waals surface area contributed by atoms with Gasteiger partial charge in [0.1, 0.15) is 11.6 Å². The summed E-state index contributed by atoms with van der Waals surface area (Å²) >= 11 is 0. The van der Waals surface area contributed by atoms with E-state index in [1.807, 2.05) is 31.2 Å².